The summed E-state index contributed by atoms with van der Waals surface area (Å²) in [4.78, 5) is 40.8. The Kier molecular flexibility index (Phi) is 7.41. The van der Waals surface area contributed by atoms with E-state index in [9.17, 15) is 14.4 Å². The lowest BCUT2D eigenvalue weighted by Crippen LogP contribution is -2.69. The SMILES string of the molecule is CCOCCC1(Oc2ccc(Oc3ccc(C4=CCCN=CO4)cc3)cc2)C(=O)NC(=O)NC1=O. The zero-order valence-corrected chi connectivity index (χ0v) is 19.1. The molecule has 35 heavy (non-hydrogen) atoms. The Balaban J connectivity index is 1.44. The van der Waals surface area contributed by atoms with Gasteiger partial charge >= 0.3 is 6.03 Å². The lowest BCUT2D eigenvalue weighted by atomic mass is 9.95. The Bertz CT molecular complexity index is 1120. The standard InChI is InChI=1S/C25H25N3O7/c1-2-32-15-13-25(22(29)27-24(31)28-23(25)30)35-20-11-9-19(10-12-20)34-18-7-5-17(6-8-18)21-4-3-14-26-16-33-21/h4-12,16H,2-3,13-15H2,1H3,(H2,27,28,29,30,31). The summed E-state index contributed by atoms with van der Waals surface area (Å²) in [6.07, 6.45) is 4.19. The van der Waals surface area contributed by atoms with Gasteiger partial charge in [-0.3, -0.25) is 25.2 Å². The Morgan fingerprint density at radius 1 is 0.943 bits per heavy atom. The zero-order chi connectivity index (χ0) is 24.7. The van der Waals surface area contributed by atoms with Crippen LogP contribution in [0.1, 0.15) is 25.3 Å². The molecular weight excluding hydrogens is 454 g/mol. The van der Waals surface area contributed by atoms with Crippen LogP contribution in [0.25, 0.3) is 5.76 Å². The molecule has 4 rings (SSSR count). The van der Waals surface area contributed by atoms with E-state index in [1.54, 1.807) is 31.2 Å². The monoisotopic (exact) mass is 479 g/mol. The molecule has 2 aliphatic heterocycles. The Morgan fingerprint density at radius 2 is 1.57 bits per heavy atom. The molecule has 2 aromatic rings. The molecule has 2 aromatic carbocycles. The first-order valence-electron chi connectivity index (χ1n) is 11.2. The predicted octanol–water partition coefficient (Wildman–Crippen LogP) is 3.18. The molecule has 0 atom stereocenters. The summed E-state index contributed by atoms with van der Waals surface area (Å²) < 4.78 is 22.5. The smallest absolute Gasteiger partial charge is 0.328 e. The van der Waals surface area contributed by atoms with Crippen molar-refractivity contribution in [3.8, 4) is 17.2 Å². The second-order valence-corrected chi connectivity index (χ2v) is 7.70. The highest BCUT2D eigenvalue weighted by molar-refractivity contribution is 6.21. The lowest BCUT2D eigenvalue weighted by Gasteiger charge is -2.34. The van der Waals surface area contributed by atoms with Gasteiger partial charge in [0.15, 0.2) is 6.40 Å². The number of imide groups is 2. The van der Waals surface area contributed by atoms with Gasteiger partial charge in [0, 0.05) is 25.1 Å². The molecule has 4 amide bonds. The molecule has 0 radical (unpaired) electrons. The second-order valence-electron chi connectivity index (χ2n) is 7.70. The fraction of sp³-hybridized carbons (Fsp3) is 0.280. The molecule has 2 heterocycles. The molecule has 0 unspecified atom stereocenters. The van der Waals surface area contributed by atoms with Gasteiger partial charge in [-0.1, -0.05) is 0 Å². The number of amides is 4. The van der Waals surface area contributed by atoms with Crippen molar-refractivity contribution in [2.75, 3.05) is 19.8 Å². The number of nitrogens with zero attached hydrogens (tertiary/aromatic N) is 1. The van der Waals surface area contributed by atoms with Crippen LogP contribution in [-0.4, -0.2) is 49.6 Å². The highest BCUT2D eigenvalue weighted by atomic mass is 16.5. The van der Waals surface area contributed by atoms with E-state index in [-0.39, 0.29) is 18.8 Å². The second kappa shape index (κ2) is 10.8. The third-order valence-electron chi connectivity index (χ3n) is 5.32. The van der Waals surface area contributed by atoms with Gasteiger partial charge in [0.1, 0.15) is 23.0 Å². The molecule has 0 aliphatic carbocycles. The Labute approximate surface area is 201 Å². The van der Waals surface area contributed by atoms with Crippen molar-refractivity contribution in [2.45, 2.75) is 25.4 Å². The number of benzene rings is 2. The Morgan fingerprint density at radius 3 is 2.23 bits per heavy atom. The number of urea groups is 1. The number of nitrogens with one attached hydrogen (secondary N) is 2. The summed E-state index contributed by atoms with van der Waals surface area (Å²) in [6, 6.07) is 13.0. The maximum absolute atomic E-state index is 12.6. The summed E-state index contributed by atoms with van der Waals surface area (Å²) >= 11 is 0. The lowest BCUT2D eigenvalue weighted by molar-refractivity contribution is -0.153. The molecular formula is C25H25N3O7. The van der Waals surface area contributed by atoms with Gasteiger partial charge in [0.05, 0.1) is 6.61 Å². The summed E-state index contributed by atoms with van der Waals surface area (Å²) in [7, 11) is 0. The van der Waals surface area contributed by atoms with Crippen molar-refractivity contribution in [1.29, 1.82) is 0 Å². The van der Waals surface area contributed by atoms with Crippen LogP contribution in [-0.2, 0) is 19.1 Å². The van der Waals surface area contributed by atoms with E-state index in [4.69, 9.17) is 18.9 Å². The molecule has 2 N–H and O–H groups in total. The van der Waals surface area contributed by atoms with Gasteiger partial charge in [-0.05, 0) is 68.0 Å². The first-order valence-corrected chi connectivity index (χ1v) is 11.2. The maximum Gasteiger partial charge on any atom is 0.328 e. The van der Waals surface area contributed by atoms with Crippen LogP contribution in [0, 0.1) is 0 Å². The first-order chi connectivity index (χ1) is 17.0. The fourth-order valence-corrected chi connectivity index (χ4v) is 3.52. The molecule has 10 nitrogen and oxygen atoms in total. The largest absolute Gasteiger partial charge is 0.467 e. The molecule has 10 heteroatoms. The van der Waals surface area contributed by atoms with Crippen molar-refractivity contribution in [3.05, 3.63) is 60.2 Å². The molecule has 1 saturated heterocycles. The topological polar surface area (TPSA) is 125 Å². The maximum atomic E-state index is 12.6. The highest BCUT2D eigenvalue weighted by Gasteiger charge is 2.52. The number of hydrogen-bond acceptors (Lipinski definition) is 8. The minimum Gasteiger partial charge on any atom is -0.467 e. The van der Waals surface area contributed by atoms with Crippen LogP contribution in [0.2, 0.25) is 0 Å². The number of carbonyl (C=O) groups excluding carboxylic acids is 3. The van der Waals surface area contributed by atoms with Crippen molar-refractivity contribution < 1.29 is 33.3 Å². The minimum atomic E-state index is -1.93. The zero-order valence-electron chi connectivity index (χ0n) is 19.1. The molecule has 1 fully saturated rings. The number of ether oxygens (including phenoxy) is 4. The third-order valence-corrected chi connectivity index (χ3v) is 5.32. The fourth-order valence-electron chi connectivity index (χ4n) is 3.52. The van der Waals surface area contributed by atoms with E-state index in [0.29, 0.717) is 24.7 Å². The van der Waals surface area contributed by atoms with Gasteiger partial charge in [0.25, 0.3) is 17.4 Å². The van der Waals surface area contributed by atoms with E-state index in [2.05, 4.69) is 15.6 Å². The average molecular weight is 479 g/mol. The average Bonchev–Trinajstić information content (AvgIpc) is 3.14. The summed E-state index contributed by atoms with van der Waals surface area (Å²) in [5.41, 5.74) is -1.02. The highest BCUT2D eigenvalue weighted by Crippen LogP contribution is 2.29. The van der Waals surface area contributed by atoms with Crippen LogP contribution in [0.15, 0.2) is 59.6 Å². The van der Waals surface area contributed by atoms with Gasteiger partial charge in [-0.2, -0.15) is 0 Å². The number of barbiturate groups is 1. The molecule has 0 spiro atoms. The molecule has 182 valence electrons. The summed E-state index contributed by atoms with van der Waals surface area (Å²) in [5, 5.41) is 4.18. The molecule has 0 bridgehead atoms. The molecule has 0 aromatic heterocycles. The van der Waals surface area contributed by atoms with Crippen molar-refractivity contribution in [3.63, 3.8) is 0 Å². The van der Waals surface area contributed by atoms with Crippen molar-refractivity contribution in [1.82, 2.24) is 10.6 Å². The van der Waals surface area contributed by atoms with Crippen molar-refractivity contribution in [2.24, 2.45) is 4.99 Å². The quantitative estimate of drug-likeness (QED) is 0.418. The van der Waals surface area contributed by atoms with Crippen molar-refractivity contribution >= 4 is 30.0 Å². The van der Waals surface area contributed by atoms with E-state index in [1.807, 2.05) is 30.3 Å². The van der Waals surface area contributed by atoms with Gasteiger partial charge in [-0.25, -0.2) is 4.79 Å². The van der Waals surface area contributed by atoms with E-state index < -0.39 is 23.4 Å². The summed E-state index contributed by atoms with van der Waals surface area (Å²) in [6.45, 7) is 2.99. The van der Waals surface area contributed by atoms with Crippen LogP contribution in [0.5, 0.6) is 17.2 Å². The van der Waals surface area contributed by atoms with Gasteiger partial charge in [0.2, 0.25) is 0 Å². The number of aliphatic imine (C=N–C) groups is 1. The Hall–Kier alpha value is -4.18. The van der Waals surface area contributed by atoms with Crippen LogP contribution < -0.4 is 20.1 Å². The first kappa shape index (κ1) is 24.0. The predicted molar refractivity (Wildman–Crippen MR) is 126 cm³/mol. The van der Waals surface area contributed by atoms with Gasteiger partial charge < -0.3 is 18.9 Å². The normalized spacial score (nSPS) is 16.9. The minimum absolute atomic E-state index is 0.0671. The number of carbonyl (C=O) groups is 3. The van der Waals surface area contributed by atoms with E-state index >= 15 is 0 Å². The number of hydrogen-bond donors (Lipinski definition) is 2. The van der Waals surface area contributed by atoms with Crippen LogP contribution >= 0.6 is 0 Å². The van der Waals surface area contributed by atoms with Crippen LogP contribution in [0.4, 0.5) is 4.79 Å². The molecule has 0 saturated carbocycles. The van der Waals surface area contributed by atoms with E-state index in [0.717, 1.165) is 17.7 Å². The third kappa shape index (κ3) is 5.67. The van der Waals surface area contributed by atoms with Crippen LogP contribution in [0.3, 0.4) is 0 Å². The number of rotatable bonds is 9. The van der Waals surface area contributed by atoms with E-state index in [1.165, 1.54) is 6.40 Å². The summed E-state index contributed by atoms with van der Waals surface area (Å²) in [5.74, 6) is 0.454. The molecule has 2 aliphatic rings. The van der Waals surface area contributed by atoms with Gasteiger partial charge in [-0.15, -0.1) is 0 Å².